The van der Waals surface area contributed by atoms with E-state index in [0.29, 0.717) is 0 Å². The fourth-order valence-electron chi connectivity index (χ4n) is 0.399. The van der Waals surface area contributed by atoms with Crippen molar-refractivity contribution in [2.24, 2.45) is 0 Å². The van der Waals surface area contributed by atoms with Gasteiger partial charge in [0.2, 0.25) is 0 Å². The van der Waals surface area contributed by atoms with Gasteiger partial charge in [-0.1, -0.05) is 46.4 Å². The second kappa shape index (κ2) is 3.14. The Hall–Kier alpha value is 0.310. The molecule has 0 saturated carbocycles. The minimum atomic E-state index is 0.0930. The number of nitrogens with zero attached hydrogens (tertiary/aromatic N) is 1. The van der Waals surface area contributed by atoms with Crippen LogP contribution in [0.1, 0.15) is 0 Å². The molecule has 0 saturated heterocycles. The highest BCUT2D eigenvalue weighted by atomic mass is 35.5. The molecule has 0 unspecified atom stereocenters. The summed E-state index contributed by atoms with van der Waals surface area (Å²) in [7, 11) is 0. The number of aromatic nitrogens is 1. The second-order valence-electron chi connectivity index (χ2n) is 1.45. The zero-order chi connectivity index (χ0) is 7.72. The van der Waals surface area contributed by atoms with Crippen LogP contribution in [-0.4, -0.2) is 4.98 Å². The monoisotopic (exact) mass is 214 g/mol. The normalized spacial score (nSPS) is 10.0. The van der Waals surface area contributed by atoms with Gasteiger partial charge < -0.3 is 0 Å². The highest BCUT2D eigenvalue weighted by Gasteiger charge is 2.05. The van der Waals surface area contributed by atoms with Gasteiger partial charge in [-0.15, -0.1) is 0 Å². The van der Waals surface area contributed by atoms with Crippen LogP contribution in [0.15, 0.2) is 0 Å². The summed E-state index contributed by atoms with van der Waals surface area (Å²) in [5.74, 6) is 0. The Morgan fingerprint density at radius 1 is 1.10 bits per heavy atom. The molecule has 0 aliphatic heterocycles. The lowest BCUT2D eigenvalue weighted by molar-refractivity contribution is 1.32. The third kappa shape index (κ3) is 1.67. The molecule has 0 atom stereocenters. The molecule has 0 bridgehead atoms. The predicted octanol–water partition coefficient (Wildman–Crippen LogP) is 3.50. The van der Waals surface area contributed by atoms with Gasteiger partial charge in [-0.25, -0.2) is 4.98 Å². The topological polar surface area (TPSA) is 12.9 Å². The Morgan fingerprint density at radius 2 is 1.70 bits per heavy atom. The SMILES string of the molecule is Clc1[c]c(Cl)c(Cl)c(Cl)n1. The van der Waals surface area contributed by atoms with Gasteiger partial charge in [0.1, 0.15) is 5.15 Å². The van der Waals surface area contributed by atoms with Gasteiger partial charge in [0, 0.05) is 6.07 Å². The molecule has 0 aliphatic carbocycles. The van der Waals surface area contributed by atoms with Crippen LogP contribution in [0.5, 0.6) is 0 Å². The highest BCUT2D eigenvalue weighted by Crippen LogP contribution is 2.29. The summed E-state index contributed by atoms with van der Waals surface area (Å²) >= 11 is 22.0. The lowest BCUT2D eigenvalue weighted by Gasteiger charge is -1.96. The Morgan fingerprint density at radius 3 is 2.20 bits per heavy atom. The molecule has 53 valence electrons. The van der Waals surface area contributed by atoms with E-state index in [4.69, 9.17) is 46.4 Å². The van der Waals surface area contributed by atoms with Crippen LogP contribution in [0.2, 0.25) is 20.4 Å². The molecule has 0 spiro atoms. The summed E-state index contributed by atoms with van der Waals surface area (Å²) in [4.78, 5) is 3.59. The average Bonchev–Trinajstić information content (AvgIpc) is 1.82. The van der Waals surface area contributed by atoms with Gasteiger partial charge >= 0.3 is 0 Å². The lowest BCUT2D eigenvalue weighted by Crippen LogP contribution is -1.79. The maximum absolute atomic E-state index is 5.53. The van der Waals surface area contributed by atoms with E-state index in [-0.39, 0.29) is 20.4 Å². The highest BCUT2D eigenvalue weighted by molar-refractivity contribution is 6.48. The Bertz CT molecular complexity index is 237. The van der Waals surface area contributed by atoms with Crippen molar-refractivity contribution in [3.05, 3.63) is 26.4 Å². The fourth-order valence-corrected chi connectivity index (χ4v) is 1.17. The van der Waals surface area contributed by atoms with Crippen molar-refractivity contribution < 1.29 is 0 Å². The molecule has 5 heteroatoms. The quantitative estimate of drug-likeness (QED) is 0.604. The molecule has 0 aliphatic rings. The van der Waals surface area contributed by atoms with E-state index < -0.39 is 0 Å². The summed E-state index contributed by atoms with van der Waals surface area (Å²) in [6.45, 7) is 0. The van der Waals surface area contributed by atoms with Crippen LogP contribution in [0.4, 0.5) is 0 Å². The molecule has 1 aromatic rings. The van der Waals surface area contributed by atoms with Gasteiger partial charge in [-0.05, 0) is 0 Å². The van der Waals surface area contributed by atoms with Gasteiger partial charge in [0.15, 0.2) is 5.15 Å². The first kappa shape index (κ1) is 8.41. The van der Waals surface area contributed by atoms with Crippen LogP contribution in [0.25, 0.3) is 0 Å². The molecule has 1 nitrogen and oxygen atoms in total. The molecule has 1 radical (unpaired) electrons. The second-order valence-corrected chi connectivity index (χ2v) is 2.92. The molecule has 10 heavy (non-hydrogen) atoms. The third-order valence-electron chi connectivity index (χ3n) is 0.783. The Kier molecular flexibility index (Phi) is 2.64. The van der Waals surface area contributed by atoms with E-state index in [1.165, 1.54) is 0 Å². The van der Waals surface area contributed by atoms with Crippen molar-refractivity contribution >= 4 is 46.4 Å². The maximum atomic E-state index is 5.53. The van der Waals surface area contributed by atoms with Crippen molar-refractivity contribution in [3.63, 3.8) is 0 Å². The molecule has 0 N–H and O–H groups in total. The number of halogens is 4. The summed E-state index contributed by atoms with van der Waals surface area (Å²) in [6, 6.07) is 2.48. The molecule has 0 fully saturated rings. The fraction of sp³-hybridized carbons (Fsp3) is 0. The summed E-state index contributed by atoms with van der Waals surface area (Å²) < 4.78 is 0. The molecule has 1 heterocycles. The molecule has 1 rings (SSSR count). The Labute approximate surface area is 77.9 Å². The number of hydrogen-bond donors (Lipinski definition) is 0. The zero-order valence-corrected chi connectivity index (χ0v) is 7.48. The number of rotatable bonds is 0. The van der Waals surface area contributed by atoms with E-state index in [2.05, 4.69) is 11.1 Å². The minimum Gasteiger partial charge on any atom is -0.222 e. The van der Waals surface area contributed by atoms with Crippen LogP contribution in [0.3, 0.4) is 0 Å². The Balaban J connectivity index is 3.31. The first-order chi connectivity index (χ1) is 4.61. The van der Waals surface area contributed by atoms with E-state index >= 15 is 0 Å². The maximum Gasteiger partial charge on any atom is 0.150 e. The van der Waals surface area contributed by atoms with Gasteiger partial charge in [0.05, 0.1) is 10.0 Å². The van der Waals surface area contributed by atoms with Crippen molar-refractivity contribution in [1.29, 1.82) is 0 Å². The van der Waals surface area contributed by atoms with Crippen molar-refractivity contribution in [1.82, 2.24) is 4.98 Å². The molecule has 0 amide bonds. The smallest absolute Gasteiger partial charge is 0.150 e. The summed E-state index contributed by atoms with van der Waals surface area (Å²) in [5.41, 5.74) is 0. The van der Waals surface area contributed by atoms with E-state index in [0.717, 1.165) is 0 Å². The van der Waals surface area contributed by atoms with Crippen molar-refractivity contribution in [3.8, 4) is 0 Å². The standard InChI is InChI=1S/C5Cl4N/c6-2-1-3(7)10-5(9)4(2)8. The third-order valence-corrected chi connectivity index (χ3v) is 2.08. The zero-order valence-electron chi connectivity index (χ0n) is 4.46. The average molecular weight is 216 g/mol. The largest absolute Gasteiger partial charge is 0.222 e. The molecule has 0 aromatic carbocycles. The first-order valence-electron chi connectivity index (χ1n) is 2.20. The number of hydrogen-bond acceptors (Lipinski definition) is 1. The van der Waals surface area contributed by atoms with E-state index in [1.54, 1.807) is 0 Å². The van der Waals surface area contributed by atoms with Crippen LogP contribution in [0, 0.1) is 6.07 Å². The van der Waals surface area contributed by atoms with E-state index in [9.17, 15) is 0 Å². The van der Waals surface area contributed by atoms with E-state index in [1.807, 2.05) is 0 Å². The van der Waals surface area contributed by atoms with Crippen LogP contribution >= 0.6 is 46.4 Å². The molecule has 1 aromatic heterocycles. The summed E-state index contributed by atoms with van der Waals surface area (Å²) in [5, 5.41) is 0.564. The van der Waals surface area contributed by atoms with Crippen molar-refractivity contribution in [2.45, 2.75) is 0 Å². The number of pyridine rings is 1. The van der Waals surface area contributed by atoms with Crippen molar-refractivity contribution in [2.75, 3.05) is 0 Å². The lowest BCUT2D eigenvalue weighted by atomic mass is 10.5. The van der Waals surface area contributed by atoms with Crippen LogP contribution in [-0.2, 0) is 0 Å². The summed E-state index contributed by atoms with van der Waals surface area (Å²) in [6.07, 6.45) is 0. The van der Waals surface area contributed by atoms with Gasteiger partial charge in [0.25, 0.3) is 0 Å². The predicted molar refractivity (Wildman–Crippen MR) is 43.1 cm³/mol. The van der Waals surface area contributed by atoms with Gasteiger partial charge in [-0.2, -0.15) is 0 Å². The first-order valence-corrected chi connectivity index (χ1v) is 3.72. The minimum absolute atomic E-state index is 0.0930. The van der Waals surface area contributed by atoms with Gasteiger partial charge in [-0.3, -0.25) is 0 Å². The molecular weight excluding hydrogens is 216 g/mol. The van der Waals surface area contributed by atoms with Crippen LogP contribution < -0.4 is 0 Å². The molecular formula is C5Cl4N.